The fourth-order valence-corrected chi connectivity index (χ4v) is 2.33. The number of hydrogen-bond acceptors (Lipinski definition) is 5. The number of aryl methyl sites for hydroxylation is 1. The molecule has 5 heteroatoms. The Morgan fingerprint density at radius 1 is 1.41 bits per heavy atom. The van der Waals surface area contributed by atoms with Gasteiger partial charge in [0, 0.05) is 6.42 Å². The van der Waals surface area contributed by atoms with Crippen LogP contribution in [0.15, 0.2) is 4.52 Å². The number of rotatable bonds is 5. The zero-order valence-electron chi connectivity index (χ0n) is 10.4. The van der Waals surface area contributed by atoms with E-state index < -0.39 is 0 Å². The molecule has 0 saturated heterocycles. The lowest BCUT2D eigenvalue weighted by Crippen LogP contribution is -2.33. The van der Waals surface area contributed by atoms with Gasteiger partial charge in [0.25, 0.3) is 5.89 Å². The van der Waals surface area contributed by atoms with Crippen LogP contribution in [0.2, 0.25) is 0 Å². The van der Waals surface area contributed by atoms with E-state index in [2.05, 4.69) is 10.1 Å². The normalized spacial score (nSPS) is 25.1. The van der Waals surface area contributed by atoms with E-state index in [0.29, 0.717) is 25.0 Å². The molecule has 2 rings (SSSR count). The lowest BCUT2D eigenvalue weighted by atomic mass is 9.86. The van der Waals surface area contributed by atoms with Crippen molar-refractivity contribution >= 4 is 0 Å². The third kappa shape index (κ3) is 3.26. The van der Waals surface area contributed by atoms with Gasteiger partial charge in [0.1, 0.15) is 6.61 Å². The van der Waals surface area contributed by atoms with Crippen LogP contribution in [0.1, 0.15) is 44.3 Å². The molecule has 1 fully saturated rings. The minimum atomic E-state index is 0.255. The maximum absolute atomic E-state index is 5.85. The molecular formula is C12H21N3O2. The third-order valence-electron chi connectivity index (χ3n) is 3.39. The van der Waals surface area contributed by atoms with Crippen molar-refractivity contribution in [1.29, 1.82) is 0 Å². The first-order chi connectivity index (χ1) is 8.33. The van der Waals surface area contributed by atoms with Gasteiger partial charge in [-0.05, 0) is 25.3 Å². The van der Waals surface area contributed by atoms with Gasteiger partial charge in [-0.15, -0.1) is 0 Å². The van der Waals surface area contributed by atoms with Gasteiger partial charge in [-0.1, -0.05) is 24.9 Å². The van der Waals surface area contributed by atoms with Crippen molar-refractivity contribution in [2.45, 2.75) is 51.7 Å². The first-order valence-corrected chi connectivity index (χ1v) is 6.46. The van der Waals surface area contributed by atoms with E-state index in [-0.39, 0.29) is 6.10 Å². The smallest absolute Gasteiger partial charge is 0.252 e. The van der Waals surface area contributed by atoms with Gasteiger partial charge in [0.2, 0.25) is 0 Å². The Kier molecular flexibility index (Phi) is 4.50. The zero-order chi connectivity index (χ0) is 12.1. The Hall–Kier alpha value is -0.940. The molecule has 0 bridgehead atoms. The standard InChI is InChI=1S/C12H21N3O2/c1-2-11-14-12(17-15-11)8-16-10-6-4-3-5-9(10)7-13/h9-10H,2-8,13H2,1H3. The summed E-state index contributed by atoms with van der Waals surface area (Å²) in [5.74, 6) is 1.79. The van der Waals surface area contributed by atoms with E-state index in [0.717, 1.165) is 18.7 Å². The van der Waals surface area contributed by atoms with Gasteiger partial charge in [-0.2, -0.15) is 4.98 Å². The second-order valence-corrected chi connectivity index (χ2v) is 4.59. The second-order valence-electron chi connectivity index (χ2n) is 4.59. The molecule has 1 aromatic rings. The summed E-state index contributed by atoms with van der Waals surface area (Å²) in [7, 11) is 0. The second kappa shape index (κ2) is 6.12. The van der Waals surface area contributed by atoms with Gasteiger partial charge < -0.3 is 15.0 Å². The molecule has 1 saturated carbocycles. The predicted molar refractivity (Wildman–Crippen MR) is 63.3 cm³/mol. The van der Waals surface area contributed by atoms with Crippen molar-refractivity contribution in [1.82, 2.24) is 10.1 Å². The largest absolute Gasteiger partial charge is 0.368 e. The van der Waals surface area contributed by atoms with Crippen LogP contribution in [0, 0.1) is 5.92 Å². The molecule has 1 aromatic heterocycles. The summed E-state index contributed by atoms with van der Waals surface area (Å²) in [4.78, 5) is 4.23. The summed E-state index contributed by atoms with van der Waals surface area (Å²) >= 11 is 0. The van der Waals surface area contributed by atoms with Crippen LogP contribution in [0.25, 0.3) is 0 Å². The number of nitrogens with two attached hydrogens (primary N) is 1. The van der Waals surface area contributed by atoms with Gasteiger partial charge >= 0.3 is 0 Å². The Morgan fingerprint density at radius 3 is 2.94 bits per heavy atom. The lowest BCUT2D eigenvalue weighted by molar-refractivity contribution is -0.0278. The van der Waals surface area contributed by atoms with Gasteiger partial charge in [0.15, 0.2) is 5.82 Å². The monoisotopic (exact) mass is 239 g/mol. The summed E-state index contributed by atoms with van der Waals surface area (Å²) in [6.45, 7) is 3.12. The van der Waals surface area contributed by atoms with E-state index in [1.165, 1.54) is 19.3 Å². The summed E-state index contributed by atoms with van der Waals surface area (Å²) in [5.41, 5.74) is 5.76. The van der Waals surface area contributed by atoms with Crippen LogP contribution in [-0.2, 0) is 17.8 Å². The molecule has 5 nitrogen and oxygen atoms in total. The highest BCUT2D eigenvalue weighted by Gasteiger charge is 2.25. The van der Waals surface area contributed by atoms with Crippen LogP contribution in [0.5, 0.6) is 0 Å². The van der Waals surface area contributed by atoms with Gasteiger partial charge in [-0.3, -0.25) is 0 Å². The molecule has 1 aliphatic carbocycles. The molecule has 1 aliphatic rings. The highest BCUT2D eigenvalue weighted by atomic mass is 16.5. The fourth-order valence-electron chi connectivity index (χ4n) is 2.33. The maximum atomic E-state index is 5.85. The predicted octanol–water partition coefficient (Wildman–Crippen LogP) is 1.67. The molecule has 2 N–H and O–H groups in total. The summed E-state index contributed by atoms with van der Waals surface area (Å²) in [6, 6.07) is 0. The summed E-state index contributed by atoms with van der Waals surface area (Å²) in [5, 5.41) is 3.85. The SMILES string of the molecule is CCc1noc(COC2CCCCC2CN)n1. The Balaban J connectivity index is 1.83. The quantitative estimate of drug-likeness (QED) is 0.846. The topological polar surface area (TPSA) is 74.2 Å². The highest BCUT2D eigenvalue weighted by molar-refractivity contribution is 4.84. The Labute approximate surface area is 102 Å². The summed E-state index contributed by atoms with van der Waals surface area (Å²) < 4.78 is 11.0. The number of hydrogen-bond donors (Lipinski definition) is 1. The van der Waals surface area contributed by atoms with Crippen molar-refractivity contribution in [2.75, 3.05) is 6.54 Å². The fraction of sp³-hybridized carbons (Fsp3) is 0.833. The molecule has 0 aromatic carbocycles. The van der Waals surface area contributed by atoms with Crippen LogP contribution >= 0.6 is 0 Å². The van der Waals surface area contributed by atoms with Gasteiger partial charge in [0.05, 0.1) is 6.10 Å². The third-order valence-corrected chi connectivity index (χ3v) is 3.39. The van der Waals surface area contributed by atoms with Crippen molar-refractivity contribution in [2.24, 2.45) is 11.7 Å². The maximum Gasteiger partial charge on any atom is 0.252 e. The summed E-state index contributed by atoms with van der Waals surface area (Å²) in [6.07, 6.45) is 5.80. The van der Waals surface area contributed by atoms with Crippen molar-refractivity contribution in [3.05, 3.63) is 11.7 Å². The van der Waals surface area contributed by atoms with Crippen LogP contribution in [-0.4, -0.2) is 22.8 Å². The van der Waals surface area contributed by atoms with E-state index in [1.54, 1.807) is 0 Å². The zero-order valence-corrected chi connectivity index (χ0v) is 10.4. The Bertz CT molecular complexity index is 340. The first-order valence-electron chi connectivity index (χ1n) is 6.46. The molecule has 17 heavy (non-hydrogen) atoms. The van der Waals surface area contributed by atoms with Crippen LogP contribution in [0.4, 0.5) is 0 Å². The van der Waals surface area contributed by atoms with E-state index in [1.807, 2.05) is 6.92 Å². The highest BCUT2D eigenvalue weighted by Crippen LogP contribution is 2.26. The minimum Gasteiger partial charge on any atom is -0.368 e. The molecule has 0 aliphatic heterocycles. The minimum absolute atomic E-state index is 0.255. The Morgan fingerprint density at radius 2 is 2.24 bits per heavy atom. The van der Waals surface area contributed by atoms with Crippen LogP contribution < -0.4 is 5.73 Å². The van der Waals surface area contributed by atoms with Crippen molar-refractivity contribution in [3.8, 4) is 0 Å². The molecule has 0 radical (unpaired) electrons. The average Bonchev–Trinajstić information content (AvgIpc) is 2.84. The molecule has 0 spiro atoms. The van der Waals surface area contributed by atoms with Gasteiger partial charge in [-0.25, -0.2) is 0 Å². The van der Waals surface area contributed by atoms with Crippen molar-refractivity contribution < 1.29 is 9.26 Å². The average molecular weight is 239 g/mol. The molecule has 1 heterocycles. The molecular weight excluding hydrogens is 218 g/mol. The van der Waals surface area contributed by atoms with E-state index >= 15 is 0 Å². The molecule has 2 atom stereocenters. The molecule has 2 unspecified atom stereocenters. The number of nitrogens with zero attached hydrogens (tertiary/aromatic N) is 2. The molecule has 96 valence electrons. The first kappa shape index (κ1) is 12.5. The van der Waals surface area contributed by atoms with E-state index in [9.17, 15) is 0 Å². The lowest BCUT2D eigenvalue weighted by Gasteiger charge is -2.30. The number of aromatic nitrogens is 2. The number of ether oxygens (including phenoxy) is 1. The van der Waals surface area contributed by atoms with Crippen LogP contribution in [0.3, 0.4) is 0 Å². The van der Waals surface area contributed by atoms with Crippen molar-refractivity contribution in [3.63, 3.8) is 0 Å². The molecule has 0 amide bonds. The van der Waals surface area contributed by atoms with E-state index in [4.69, 9.17) is 15.0 Å².